The molecule has 0 saturated heterocycles. The average molecular weight is 392 g/mol. The zero-order valence-corrected chi connectivity index (χ0v) is 15.9. The van der Waals surface area contributed by atoms with Crippen LogP contribution in [0.3, 0.4) is 0 Å². The second-order valence-corrected chi connectivity index (χ2v) is 8.12. The second kappa shape index (κ2) is 6.96. The van der Waals surface area contributed by atoms with Gasteiger partial charge in [-0.05, 0) is 23.6 Å². The molecule has 1 amide bonds. The first-order valence-electron chi connectivity index (χ1n) is 9.24. The molecule has 3 heterocycles. The van der Waals surface area contributed by atoms with E-state index in [-0.39, 0.29) is 18.0 Å². The molecule has 3 aromatic rings. The minimum atomic E-state index is -0.174. The smallest absolute Gasteiger partial charge is 0.259 e. The van der Waals surface area contributed by atoms with Crippen molar-refractivity contribution in [1.29, 1.82) is 0 Å². The van der Waals surface area contributed by atoms with Crippen LogP contribution in [0.5, 0.6) is 0 Å². The lowest BCUT2D eigenvalue weighted by atomic mass is 10.1. The second-order valence-electron chi connectivity index (χ2n) is 6.98. The van der Waals surface area contributed by atoms with Crippen LogP contribution in [0.2, 0.25) is 0 Å². The largest absolute Gasteiger partial charge is 0.347 e. The maximum Gasteiger partial charge on any atom is 0.259 e. The summed E-state index contributed by atoms with van der Waals surface area (Å²) < 4.78 is 0. The van der Waals surface area contributed by atoms with Gasteiger partial charge in [0.2, 0.25) is 0 Å². The minimum Gasteiger partial charge on any atom is -0.347 e. The summed E-state index contributed by atoms with van der Waals surface area (Å²) in [5.41, 5.74) is 9.49. The molecular weight excluding hydrogens is 372 g/mol. The maximum absolute atomic E-state index is 12.9. The summed E-state index contributed by atoms with van der Waals surface area (Å²) in [5.74, 6) is 1.54. The van der Waals surface area contributed by atoms with Gasteiger partial charge in [0.25, 0.3) is 5.91 Å². The van der Waals surface area contributed by atoms with Gasteiger partial charge < -0.3 is 20.9 Å². The van der Waals surface area contributed by atoms with Gasteiger partial charge in [-0.3, -0.25) is 4.79 Å². The fourth-order valence-corrected chi connectivity index (χ4v) is 4.78. The summed E-state index contributed by atoms with van der Waals surface area (Å²) in [6.45, 7) is 0.785. The van der Waals surface area contributed by atoms with E-state index in [4.69, 9.17) is 5.73 Å². The summed E-state index contributed by atoms with van der Waals surface area (Å²) in [5, 5.41) is 4.07. The molecule has 2 aliphatic rings. The van der Waals surface area contributed by atoms with E-state index in [1.807, 2.05) is 41.6 Å². The highest BCUT2D eigenvalue weighted by Crippen LogP contribution is 2.32. The number of anilines is 1. The number of thioether (sulfide) groups is 1. The van der Waals surface area contributed by atoms with Gasteiger partial charge in [-0.25, -0.2) is 9.97 Å². The molecule has 0 fully saturated rings. The number of rotatable bonds is 3. The van der Waals surface area contributed by atoms with Crippen LogP contribution in [0, 0.1) is 0 Å². The molecule has 2 aromatic heterocycles. The number of fused-ring (bicyclic) bond motifs is 2. The molecule has 2 atom stereocenters. The van der Waals surface area contributed by atoms with E-state index in [1.165, 1.54) is 11.9 Å². The van der Waals surface area contributed by atoms with E-state index < -0.39 is 0 Å². The Bertz CT molecular complexity index is 1080. The van der Waals surface area contributed by atoms with Gasteiger partial charge in [0, 0.05) is 24.7 Å². The number of carbonyl (C=O) groups is 1. The Morgan fingerprint density at radius 2 is 2.18 bits per heavy atom. The van der Waals surface area contributed by atoms with Gasteiger partial charge >= 0.3 is 0 Å². The maximum atomic E-state index is 12.9. The van der Waals surface area contributed by atoms with Crippen LogP contribution >= 0.6 is 11.8 Å². The number of aromatic nitrogens is 3. The Balaban J connectivity index is 1.36. The third kappa shape index (κ3) is 2.94. The van der Waals surface area contributed by atoms with Crippen molar-refractivity contribution >= 4 is 34.5 Å². The first-order valence-corrected chi connectivity index (χ1v) is 10.2. The van der Waals surface area contributed by atoms with Crippen LogP contribution < -0.4 is 16.0 Å². The normalized spacial score (nSPS) is 21.5. The van der Waals surface area contributed by atoms with Crippen molar-refractivity contribution in [2.75, 3.05) is 17.2 Å². The van der Waals surface area contributed by atoms with Gasteiger partial charge in [-0.1, -0.05) is 24.3 Å². The fraction of sp³-hybridized carbons (Fsp3) is 0.250. The molecule has 8 heteroatoms. The van der Waals surface area contributed by atoms with Crippen molar-refractivity contribution in [2.24, 2.45) is 5.73 Å². The van der Waals surface area contributed by atoms with E-state index in [0.717, 1.165) is 41.1 Å². The average Bonchev–Trinajstić information content (AvgIpc) is 3.33. The van der Waals surface area contributed by atoms with Gasteiger partial charge in [0.1, 0.15) is 17.8 Å². The molecule has 4 N–H and O–H groups in total. The number of nitrogens with two attached hydrogens (primary N) is 1. The summed E-state index contributed by atoms with van der Waals surface area (Å²) in [6.07, 6.45) is 6.03. The van der Waals surface area contributed by atoms with Gasteiger partial charge in [-0.15, -0.1) is 11.8 Å². The third-order valence-corrected chi connectivity index (χ3v) is 6.28. The Hall–Kier alpha value is -2.84. The van der Waals surface area contributed by atoms with Crippen LogP contribution in [0.1, 0.15) is 17.2 Å². The highest BCUT2D eigenvalue weighted by atomic mass is 32.2. The number of hydrogen-bond donors (Lipinski definition) is 3. The van der Waals surface area contributed by atoms with Gasteiger partial charge in [0.15, 0.2) is 0 Å². The first-order chi connectivity index (χ1) is 13.7. The molecule has 1 aliphatic heterocycles. The topological polar surface area (TPSA) is 99.9 Å². The number of nitrogens with zero attached hydrogens (tertiary/aromatic N) is 3. The van der Waals surface area contributed by atoms with Crippen molar-refractivity contribution in [3.8, 4) is 0 Å². The van der Waals surface area contributed by atoms with Crippen molar-refractivity contribution in [2.45, 2.75) is 18.5 Å². The lowest BCUT2D eigenvalue weighted by molar-refractivity contribution is -0.117. The fourth-order valence-electron chi connectivity index (χ4n) is 3.88. The van der Waals surface area contributed by atoms with E-state index in [1.54, 1.807) is 11.8 Å². The lowest BCUT2D eigenvalue weighted by Gasteiger charge is -2.26. The van der Waals surface area contributed by atoms with Crippen LogP contribution in [-0.4, -0.2) is 39.2 Å². The molecule has 28 heavy (non-hydrogen) atoms. The van der Waals surface area contributed by atoms with E-state index >= 15 is 0 Å². The van der Waals surface area contributed by atoms with Crippen molar-refractivity contribution in [1.82, 2.24) is 20.3 Å². The Morgan fingerprint density at radius 3 is 3.07 bits per heavy atom. The molecule has 1 aliphatic carbocycles. The van der Waals surface area contributed by atoms with Crippen LogP contribution in [0.4, 0.5) is 5.82 Å². The minimum absolute atomic E-state index is 0.0812. The molecule has 0 unspecified atom stereocenters. The molecule has 0 bridgehead atoms. The number of carbonyl (C=O) groups excluding carboxylic acids is 1. The number of H-pyrrole nitrogens is 1. The zero-order chi connectivity index (χ0) is 19.1. The first kappa shape index (κ1) is 17.3. The summed E-state index contributed by atoms with van der Waals surface area (Å²) in [6, 6.07) is 9.81. The molecule has 0 radical (unpaired) electrons. The highest BCUT2D eigenvalue weighted by molar-refractivity contribution is 8.04. The predicted octanol–water partition coefficient (Wildman–Crippen LogP) is 2.09. The summed E-state index contributed by atoms with van der Waals surface area (Å²) in [7, 11) is 0. The van der Waals surface area contributed by atoms with E-state index in [9.17, 15) is 4.79 Å². The number of amides is 1. The summed E-state index contributed by atoms with van der Waals surface area (Å²) >= 11 is 1.56. The van der Waals surface area contributed by atoms with Crippen molar-refractivity contribution in [3.63, 3.8) is 0 Å². The number of benzene rings is 1. The van der Waals surface area contributed by atoms with Gasteiger partial charge in [-0.2, -0.15) is 0 Å². The number of hydrogen-bond acceptors (Lipinski definition) is 6. The lowest BCUT2D eigenvalue weighted by Crippen LogP contribution is -2.42. The molecule has 1 aromatic carbocycles. The monoisotopic (exact) mass is 392 g/mol. The quantitative estimate of drug-likeness (QED) is 0.631. The third-order valence-electron chi connectivity index (χ3n) is 5.30. The van der Waals surface area contributed by atoms with Crippen molar-refractivity contribution < 1.29 is 4.79 Å². The Morgan fingerprint density at radius 1 is 1.29 bits per heavy atom. The van der Waals surface area contributed by atoms with Crippen LogP contribution in [0.15, 0.2) is 54.0 Å². The number of aromatic amines is 1. The molecule has 142 valence electrons. The molecule has 0 spiro atoms. The van der Waals surface area contributed by atoms with Crippen molar-refractivity contribution in [3.05, 3.63) is 65.1 Å². The SMILES string of the molecule is N[C@H]1c2ccccc2C[C@H]1NC(=O)C1=CN(c2ncnc3[nH]ccc23)CCS1. The summed E-state index contributed by atoms with van der Waals surface area (Å²) in [4.78, 5) is 27.4. The van der Waals surface area contributed by atoms with Crippen LogP contribution in [-0.2, 0) is 11.2 Å². The van der Waals surface area contributed by atoms with Crippen LogP contribution in [0.25, 0.3) is 11.0 Å². The standard InChI is InChI=1S/C20H20N6OS/c21-17-13-4-2-1-3-12(13)9-15(17)25-20(27)16-10-26(7-8-28-16)19-14-5-6-22-18(14)23-11-24-19/h1-6,10-11,15,17H,7-9,21H2,(H,25,27)(H,22,23,24)/t15-,17+/m1/s1. The Kier molecular flexibility index (Phi) is 4.29. The molecular formula is C20H20N6OS. The van der Waals surface area contributed by atoms with E-state index in [0.29, 0.717) is 4.91 Å². The molecule has 7 nitrogen and oxygen atoms in total. The van der Waals surface area contributed by atoms with Gasteiger partial charge in [0.05, 0.1) is 22.4 Å². The zero-order valence-electron chi connectivity index (χ0n) is 15.1. The predicted molar refractivity (Wildman–Crippen MR) is 111 cm³/mol. The highest BCUT2D eigenvalue weighted by Gasteiger charge is 2.31. The Labute approximate surface area is 166 Å². The van der Waals surface area contributed by atoms with E-state index in [2.05, 4.69) is 26.3 Å². The molecule has 5 rings (SSSR count). The molecule has 0 saturated carbocycles. The number of nitrogens with one attached hydrogen (secondary N) is 2.